The van der Waals surface area contributed by atoms with Crippen molar-refractivity contribution in [3.8, 4) is 5.75 Å². The molecule has 2 aromatic rings. The van der Waals surface area contributed by atoms with E-state index in [0.29, 0.717) is 18.6 Å². The van der Waals surface area contributed by atoms with Gasteiger partial charge in [0.2, 0.25) is 12.5 Å². The normalized spacial score (nSPS) is 10.6. The van der Waals surface area contributed by atoms with E-state index in [1.165, 1.54) is 11.0 Å². The fraction of sp³-hybridized carbons (Fsp3) is 0.600. The first kappa shape index (κ1) is 24.1. The van der Waals surface area contributed by atoms with Crippen molar-refractivity contribution in [3.63, 3.8) is 0 Å². The van der Waals surface area contributed by atoms with E-state index < -0.39 is 6.16 Å². The van der Waals surface area contributed by atoms with E-state index in [0.717, 1.165) is 38.0 Å². The lowest BCUT2D eigenvalue weighted by molar-refractivity contribution is -0.692. The highest BCUT2D eigenvalue weighted by Crippen LogP contribution is 2.23. The van der Waals surface area contributed by atoms with E-state index in [4.69, 9.17) is 25.3 Å². The van der Waals surface area contributed by atoms with Gasteiger partial charge < -0.3 is 19.7 Å². The van der Waals surface area contributed by atoms with Crippen LogP contribution < -0.4 is 14.4 Å². The van der Waals surface area contributed by atoms with Crippen LogP contribution in [0.5, 0.6) is 5.75 Å². The van der Waals surface area contributed by atoms with Gasteiger partial charge >= 0.3 is 0 Å². The molecule has 0 unspecified atom stereocenters. The fourth-order valence-corrected chi connectivity index (χ4v) is 2.97. The van der Waals surface area contributed by atoms with Gasteiger partial charge in [-0.15, -0.1) is 0 Å². The molecule has 160 valence electrons. The first-order valence-corrected chi connectivity index (χ1v) is 9.87. The molecule has 0 aliphatic rings. The van der Waals surface area contributed by atoms with Gasteiger partial charge in [0.1, 0.15) is 5.75 Å². The minimum Gasteiger partial charge on any atom is -0.565 e. The first-order valence-electron chi connectivity index (χ1n) is 9.87. The Morgan fingerprint density at radius 3 is 2.52 bits per heavy atom. The van der Waals surface area contributed by atoms with Gasteiger partial charge in [0.05, 0.1) is 18.7 Å². The number of hydrogen-bond donors (Lipinski definition) is 1. The molecule has 1 N–H and O–H groups in total. The van der Waals surface area contributed by atoms with E-state index in [-0.39, 0.29) is 0 Å². The molecule has 0 radical (unpaired) electrons. The molecule has 0 saturated heterocycles. The minimum atomic E-state index is -2.08. The lowest BCUT2D eigenvalue weighted by atomic mass is 10.2. The van der Waals surface area contributed by atoms with Crippen LogP contribution in [0.4, 0.5) is 4.79 Å². The molecule has 0 amide bonds. The van der Waals surface area contributed by atoms with Crippen molar-refractivity contribution >= 4 is 17.2 Å². The van der Waals surface area contributed by atoms with Gasteiger partial charge in [-0.2, -0.15) is 0 Å². The highest BCUT2D eigenvalue weighted by Gasteiger charge is 2.20. The van der Waals surface area contributed by atoms with Crippen LogP contribution in [0.25, 0.3) is 21.5 Å². The second-order valence-corrected chi connectivity index (χ2v) is 7.25. The average Bonchev–Trinajstić information content (AvgIpc) is 3.03. The van der Waals surface area contributed by atoms with E-state index in [1.807, 2.05) is 0 Å². The Balaban J connectivity index is 0.000000960. The highest BCUT2D eigenvalue weighted by molar-refractivity contribution is 5.74. The van der Waals surface area contributed by atoms with Gasteiger partial charge in [-0.1, -0.05) is 18.0 Å². The topological polar surface area (TPSA) is 127 Å². The molecule has 29 heavy (non-hydrogen) atoms. The van der Waals surface area contributed by atoms with Crippen LogP contribution in [0.15, 0.2) is 29.6 Å². The SMILES string of the molecule is CC(C)n1c[n+](C(C)C)c2ccc(OCCCCCCN=[N+]=[N-])cc21.O=C([O-])O. The molecule has 0 spiro atoms. The van der Waals surface area contributed by atoms with E-state index >= 15 is 0 Å². The Morgan fingerprint density at radius 2 is 1.93 bits per heavy atom. The molecule has 1 aromatic heterocycles. The van der Waals surface area contributed by atoms with Gasteiger partial charge in [-0.3, -0.25) is 0 Å². The molecule has 9 nitrogen and oxygen atoms in total. The lowest BCUT2D eigenvalue weighted by Gasteiger charge is -2.07. The number of azide groups is 1. The predicted octanol–water partition coefficient (Wildman–Crippen LogP) is 4.23. The first-order chi connectivity index (χ1) is 13.8. The van der Waals surface area contributed by atoms with E-state index in [1.54, 1.807) is 0 Å². The summed E-state index contributed by atoms with van der Waals surface area (Å²) in [6.45, 7) is 10.1. The van der Waals surface area contributed by atoms with Crippen molar-refractivity contribution in [2.45, 2.75) is 65.5 Å². The maximum absolute atomic E-state index is 8.44. The third kappa shape index (κ3) is 8.31. The number of benzene rings is 1. The number of aromatic nitrogens is 2. The number of carbonyl (C=O) groups is 1. The second kappa shape index (κ2) is 12.5. The number of hydrogen-bond acceptors (Lipinski definition) is 4. The average molecular weight is 405 g/mol. The molecule has 0 fully saturated rings. The summed E-state index contributed by atoms with van der Waals surface area (Å²) in [5.74, 6) is 0.928. The zero-order chi connectivity index (χ0) is 21.8. The van der Waals surface area contributed by atoms with E-state index in [2.05, 4.69) is 71.4 Å². The van der Waals surface area contributed by atoms with Crippen molar-refractivity contribution < 1.29 is 24.3 Å². The van der Waals surface area contributed by atoms with Crippen molar-refractivity contribution in [3.05, 3.63) is 35.0 Å². The summed E-state index contributed by atoms with van der Waals surface area (Å²) in [4.78, 5) is 11.2. The fourth-order valence-electron chi connectivity index (χ4n) is 2.97. The molecule has 1 aromatic carbocycles. The van der Waals surface area contributed by atoms with Crippen molar-refractivity contribution in [1.82, 2.24) is 4.57 Å². The molecule has 1 heterocycles. The summed E-state index contributed by atoms with van der Waals surface area (Å²) >= 11 is 0. The molecule has 0 bridgehead atoms. The molecular formula is C20H31N5O4. The Kier molecular flexibility index (Phi) is 10.4. The number of fused-ring (bicyclic) bond motifs is 1. The maximum Gasteiger partial charge on any atom is 0.249 e. The minimum absolute atomic E-state index is 0.411. The monoisotopic (exact) mass is 405 g/mol. The highest BCUT2D eigenvalue weighted by atomic mass is 16.6. The third-order valence-corrected chi connectivity index (χ3v) is 4.35. The van der Waals surface area contributed by atoms with Crippen LogP contribution in [0.1, 0.15) is 65.5 Å². The van der Waals surface area contributed by atoms with Crippen LogP contribution in [0, 0.1) is 0 Å². The van der Waals surface area contributed by atoms with Crippen LogP contribution in [-0.4, -0.2) is 29.0 Å². The van der Waals surface area contributed by atoms with Crippen LogP contribution >= 0.6 is 0 Å². The Morgan fingerprint density at radius 1 is 1.28 bits per heavy atom. The summed E-state index contributed by atoms with van der Waals surface area (Å²) < 4.78 is 10.6. The van der Waals surface area contributed by atoms with Crippen LogP contribution in [0.3, 0.4) is 0 Å². The van der Waals surface area contributed by atoms with Gasteiger partial charge in [0.25, 0.3) is 0 Å². The molecule has 0 atom stereocenters. The number of imidazole rings is 1. The third-order valence-electron chi connectivity index (χ3n) is 4.35. The number of rotatable bonds is 10. The predicted molar refractivity (Wildman–Crippen MR) is 109 cm³/mol. The molecule has 0 saturated carbocycles. The van der Waals surface area contributed by atoms with Gasteiger partial charge in [0, 0.05) is 17.5 Å². The zero-order valence-electron chi connectivity index (χ0n) is 17.6. The largest absolute Gasteiger partial charge is 0.565 e. The summed E-state index contributed by atoms with van der Waals surface area (Å²) in [7, 11) is 0. The molecular weight excluding hydrogens is 374 g/mol. The molecule has 9 heteroatoms. The van der Waals surface area contributed by atoms with E-state index in [9.17, 15) is 0 Å². The zero-order valence-corrected chi connectivity index (χ0v) is 17.6. The smallest absolute Gasteiger partial charge is 0.249 e. The molecule has 0 aliphatic carbocycles. The van der Waals surface area contributed by atoms with Crippen LogP contribution in [-0.2, 0) is 0 Å². The summed E-state index contributed by atoms with van der Waals surface area (Å²) in [5, 5.41) is 18.9. The maximum atomic E-state index is 8.44. The van der Waals surface area contributed by atoms with Crippen LogP contribution in [0.2, 0.25) is 0 Å². The molecule has 0 aliphatic heterocycles. The Labute approximate surface area is 171 Å². The second-order valence-electron chi connectivity index (χ2n) is 7.25. The van der Waals surface area contributed by atoms with Crippen molar-refractivity contribution in [2.24, 2.45) is 5.11 Å². The number of carboxylic acid groups (broad SMARTS) is 2. The number of nitrogens with zero attached hydrogens (tertiary/aromatic N) is 5. The quantitative estimate of drug-likeness (QED) is 0.208. The number of unbranched alkanes of at least 4 members (excludes halogenated alkanes) is 3. The van der Waals surface area contributed by atoms with Crippen molar-refractivity contribution in [1.29, 1.82) is 0 Å². The van der Waals surface area contributed by atoms with Gasteiger partial charge in [0.15, 0.2) is 11.0 Å². The molecule has 2 rings (SSSR count). The van der Waals surface area contributed by atoms with Crippen molar-refractivity contribution in [2.75, 3.05) is 13.2 Å². The van der Waals surface area contributed by atoms with Gasteiger partial charge in [-0.05, 0) is 58.2 Å². The Bertz CT molecular complexity index is 822. The number of ether oxygens (including phenoxy) is 1. The summed E-state index contributed by atoms with van der Waals surface area (Å²) in [5.41, 5.74) is 10.7. The standard InChI is InChI=1S/C19H30N5O.CH2O3/c1-15(2)23-14-24(16(3)4)19-13-17(9-10-18(19)23)25-12-8-6-5-7-11-21-22-20;2-1(3)4/h9-10,13-16H,5-8,11-12H2,1-4H3;(H2,2,3,4)/q+1;/p-1. The summed E-state index contributed by atoms with van der Waals surface area (Å²) in [6, 6.07) is 7.21. The summed E-state index contributed by atoms with van der Waals surface area (Å²) in [6.07, 6.45) is 4.26. The lowest BCUT2D eigenvalue weighted by Crippen LogP contribution is -2.34. The Hall–Kier alpha value is -2.93. The van der Waals surface area contributed by atoms with Gasteiger partial charge in [-0.25, -0.2) is 9.13 Å².